The van der Waals surface area contributed by atoms with E-state index in [0.717, 1.165) is 5.56 Å². The molecule has 0 spiro atoms. The fourth-order valence-electron chi connectivity index (χ4n) is 1.00. The first-order valence-corrected chi connectivity index (χ1v) is 4.26. The second kappa shape index (κ2) is 4.10. The third kappa shape index (κ3) is 2.33. The van der Waals surface area contributed by atoms with Crippen LogP contribution in [0.2, 0.25) is 5.02 Å². The lowest BCUT2D eigenvalue weighted by atomic mass is 10.1. The van der Waals surface area contributed by atoms with Crippen molar-refractivity contribution < 1.29 is 0 Å². The van der Waals surface area contributed by atoms with Crippen molar-refractivity contribution in [1.82, 2.24) is 0 Å². The normalized spacial score (nSPS) is 10.6. The van der Waals surface area contributed by atoms with Crippen molar-refractivity contribution in [3.05, 3.63) is 35.4 Å². The van der Waals surface area contributed by atoms with Crippen molar-refractivity contribution in [1.29, 1.82) is 0 Å². The van der Waals surface area contributed by atoms with E-state index in [0.29, 0.717) is 16.4 Å². The van der Waals surface area contributed by atoms with Gasteiger partial charge in [0.05, 0.1) is 5.70 Å². The molecule has 0 aliphatic rings. The lowest BCUT2D eigenvalue weighted by Crippen LogP contribution is -1.91. The van der Waals surface area contributed by atoms with Gasteiger partial charge in [0.2, 0.25) is 0 Å². The van der Waals surface area contributed by atoms with E-state index < -0.39 is 0 Å². The van der Waals surface area contributed by atoms with Crippen LogP contribution in [0.3, 0.4) is 0 Å². The van der Waals surface area contributed by atoms with Gasteiger partial charge >= 0.3 is 0 Å². The smallest absolute Gasteiger partial charge is 0.0647 e. The molecule has 0 saturated heterocycles. The van der Waals surface area contributed by atoms with Crippen LogP contribution >= 0.6 is 11.6 Å². The van der Waals surface area contributed by atoms with Gasteiger partial charge in [-0.1, -0.05) is 18.2 Å². The number of halogens is 1. The van der Waals surface area contributed by atoms with Gasteiger partial charge in [-0.25, -0.2) is 0 Å². The summed E-state index contributed by atoms with van der Waals surface area (Å²) in [4.78, 5) is 4.04. The Bertz CT molecular complexity index is 356. The van der Waals surface area contributed by atoms with Gasteiger partial charge in [-0.05, 0) is 25.1 Å². The molecule has 1 aromatic carbocycles. The molecule has 68 valence electrons. The third-order valence-corrected chi connectivity index (χ3v) is 1.85. The molecule has 0 radical (unpaired) electrons. The summed E-state index contributed by atoms with van der Waals surface area (Å²) in [6.07, 6.45) is 1.67. The molecule has 2 nitrogen and oxygen atoms in total. The minimum Gasteiger partial charge on any atom is -0.398 e. The average molecular weight is 195 g/mol. The van der Waals surface area contributed by atoms with Gasteiger partial charge < -0.3 is 5.73 Å². The molecule has 3 heteroatoms. The number of nitrogens with two attached hydrogens (primary N) is 1. The van der Waals surface area contributed by atoms with Crippen molar-refractivity contribution in [3.63, 3.8) is 0 Å². The van der Waals surface area contributed by atoms with Crippen LogP contribution < -0.4 is 5.73 Å². The first-order valence-electron chi connectivity index (χ1n) is 3.88. The minimum atomic E-state index is 0.627. The summed E-state index contributed by atoms with van der Waals surface area (Å²) >= 11 is 5.81. The maximum Gasteiger partial charge on any atom is 0.0647 e. The number of nitrogen functional groups attached to an aromatic ring is 1. The second-order valence-electron chi connectivity index (χ2n) is 2.57. The summed E-state index contributed by atoms with van der Waals surface area (Å²) in [6.45, 7) is 5.61. The standard InChI is InChI=1S/C10H11ClN2/c1-3-13-7(2)9-6-8(11)4-5-10(9)12/h3-6H,2,12H2,1H3. The second-order valence-corrected chi connectivity index (χ2v) is 3.00. The molecule has 0 aromatic heterocycles. The number of rotatable bonds is 2. The summed E-state index contributed by atoms with van der Waals surface area (Å²) in [5, 5.41) is 0.636. The Kier molecular flexibility index (Phi) is 3.09. The van der Waals surface area contributed by atoms with Crippen molar-refractivity contribution >= 4 is 29.2 Å². The van der Waals surface area contributed by atoms with E-state index in [9.17, 15) is 0 Å². The summed E-state index contributed by atoms with van der Waals surface area (Å²) in [6, 6.07) is 5.24. The van der Waals surface area contributed by atoms with Crippen LogP contribution in [0.15, 0.2) is 29.8 Å². The first-order chi connectivity index (χ1) is 6.15. The Hall–Kier alpha value is -1.28. The molecule has 0 heterocycles. The lowest BCUT2D eigenvalue weighted by Gasteiger charge is -2.04. The van der Waals surface area contributed by atoms with Gasteiger partial charge in [-0.3, -0.25) is 4.99 Å². The SMILES string of the molecule is C=C(N=CC)c1cc(Cl)ccc1N. The average Bonchev–Trinajstić information content (AvgIpc) is 2.09. The predicted molar refractivity (Wildman–Crippen MR) is 59.1 cm³/mol. The van der Waals surface area contributed by atoms with Gasteiger partial charge in [0, 0.05) is 22.5 Å². The van der Waals surface area contributed by atoms with Crippen LogP contribution in [0.5, 0.6) is 0 Å². The van der Waals surface area contributed by atoms with Crippen LogP contribution in [-0.4, -0.2) is 6.21 Å². The zero-order chi connectivity index (χ0) is 9.84. The molecule has 0 unspecified atom stereocenters. The minimum absolute atomic E-state index is 0.627. The Morgan fingerprint density at radius 3 is 2.92 bits per heavy atom. The Balaban J connectivity index is 3.13. The quantitative estimate of drug-likeness (QED) is 0.571. The molecular weight excluding hydrogens is 184 g/mol. The van der Waals surface area contributed by atoms with Gasteiger partial charge in [0.1, 0.15) is 0 Å². The van der Waals surface area contributed by atoms with Crippen LogP contribution in [0, 0.1) is 0 Å². The summed E-state index contributed by atoms with van der Waals surface area (Å²) < 4.78 is 0. The molecule has 0 aliphatic heterocycles. The number of benzene rings is 1. The maximum absolute atomic E-state index is 5.81. The van der Waals surface area contributed by atoms with E-state index in [1.165, 1.54) is 0 Å². The van der Waals surface area contributed by atoms with E-state index in [1.54, 1.807) is 24.4 Å². The van der Waals surface area contributed by atoms with Crippen molar-refractivity contribution in [2.24, 2.45) is 4.99 Å². The van der Waals surface area contributed by atoms with E-state index in [1.807, 2.05) is 6.92 Å². The van der Waals surface area contributed by atoms with Crippen molar-refractivity contribution in [3.8, 4) is 0 Å². The summed E-state index contributed by atoms with van der Waals surface area (Å²) in [5.41, 5.74) is 7.78. The van der Waals surface area contributed by atoms with Crippen LogP contribution in [0.25, 0.3) is 5.70 Å². The highest BCUT2D eigenvalue weighted by molar-refractivity contribution is 6.30. The van der Waals surface area contributed by atoms with Crippen molar-refractivity contribution in [2.45, 2.75) is 6.92 Å². The highest BCUT2D eigenvalue weighted by Gasteiger charge is 2.02. The number of nitrogens with zero attached hydrogens (tertiary/aromatic N) is 1. The Morgan fingerprint density at radius 2 is 2.31 bits per heavy atom. The molecule has 13 heavy (non-hydrogen) atoms. The van der Waals surface area contributed by atoms with Gasteiger partial charge in [0.25, 0.3) is 0 Å². The van der Waals surface area contributed by atoms with Gasteiger partial charge in [-0.2, -0.15) is 0 Å². The number of hydrogen-bond donors (Lipinski definition) is 1. The molecule has 1 rings (SSSR count). The number of anilines is 1. The predicted octanol–water partition coefficient (Wildman–Crippen LogP) is 2.98. The zero-order valence-corrected chi connectivity index (χ0v) is 8.17. The van der Waals surface area contributed by atoms with E-state index in [4.69, 9.17) is 17.3 Å². The van der Waals surface area contributed by atoms with E-state index >= 15 is 0 Å². The topological polar surface area (TPSA) is 38.4 Å². The fraction of sp³-hybridized carbons (Fsp3) is 0.100. The van der Waals surface area contributed by atoms with Crippen LogP contribution in [-0.2, 0) is 0 Å². The Labute approximate surface area is 82.7 Å². The lowest BCUT2D eigenvalue weighted by molar-refractivity contribution is 1.52. The van der Waals surface area contributed by atoms with Gasteiger partial charge in [0.15, 0.2) is 0 Å². The van der Waals surface area contributed by atoms with Gasteiger partial charge in [-0.15, -0.1) is 0 Å². The van der Waals surface area contributed by atoms with Crippen LogP contribution in [0.1, 0.15) is 12.5 Å². The third-order valence-electron chi connectivity index (χ3n) is 1.61. The number of hydrogen-bond acceptors (Lipinski definition) is 2. The fourth-order valence-corrected chi connectivity index (χ4v) is 1.18. The van der Waals surface area contributed by atoms with Crippen LogP contribution in [0.4, 0.5) is 5.69 Å². The van der Waals surface area contributed by atoms with Crippen molar-refractivity contribution in [2.75, 3.05) is 5.73 Å². The molecule has 0 atom stereocenters. The molecule has 0 amide bonds. The molecule has 0 saturated carbocycles. The molecular formula is C10H11ClN2. The monoisotopic (exact) mass is 194 g/mol. The molecule has 0 aliphatic carbocycles. The zero-order valence-electron chi connectivity index (χ0n) is 7.42. The molecule has 1 aromatic rings. The first kappa shape index (κ1) is 9.81. The van der Waals surface area contributed by atoms with E-state index in [2.05, 4.69) is 11.6 Å². The molecule has 0 fully saturated rings. The summed E-state index contributed by atoms with van der Waals surface area (Å²) in [5.74, 6) is 0. The number of aliphatic imine (C=N–C) groups is 1. The van der Waals surface area contributed by atoms with E-state index in [-0.39, 0.29) is 0 Å². The maximum atomic E-state index is 5.81. The summed E-state index contributed by atoms with van der Waals surface area (Å²) in [7, 11) is 0. The highest BCUT2D eigenvalue weighted by atomic mass is 35.5. The molecule has 0 bridgehead atoms. The largest absolute Gasteiger partial charge is 0.398 e. The molecule has 2 N–H and O–H groups in total. The Morgan fingerprint density at radius 1 is 1.62 bits per heavy atom. The highest BCUT2D eigenvalue weighted by Crippen LogP contribution is 2.24.